The number of rotatable bonds is 6. The van der Waals surface area contributed by atoms with Gasteiger partial charge in [-0.1, -0.05) is 185 Å². The van der Waals surface area contributed by atoms with E-state index in [0.717, 1.165) is 19.3 Å². The normalized spacial score (nSPS) is 14.2. The molecule has 0 spiro atoms. The largest absolute Gasteiger partial charge is 0.0842 e. The van der Waals surface area contributed by atoms with Crippen LogP contribution in [0.25, 0.3) is 83.8 Å². The lowest BCUT2D eigenvalue weighted by molar-refractivity contribution is 0.660. The fourth-order valence-electron chi connectivity index (χ4n) is 9.42. The van der Waals surface area contributed by atoms with Gasteiger partial charge in [-0.15, -0.1) is 0 Å². The lowest BCUT2D eigenvalue weighted by atomic mass is 9.76. The zero-order valence-corrected chi connectivity index (χ0v) is 31.9. The molecule has 0 heterocycles. The Labute approximate surface area is 325 Å². The van der Waals surface area contributed by atoms with Crippen LogP contribution in [0.3, 0.4) is 0 Å². The van der Waals surface area contributed by atoms with Crippen molar-refractivity contribution in [2.24, 2.45) is 0 Å². The molecule has 0 amide bonds. The molecule has 0 saturated carbocycles. The first kappa shape index (κ1) is 33.3. The van der Waals surface area contributed by atoms with Gasteiger partial charge in [-0.05, 0) is 136 Å². The number of benzene rings is 8. The molecule has 0 unspecified atom stereocenters. The highest BCUT2D eigenvalue weighted by molar-refractivity contribution is 6.12. The van der Waals surface area contributed by atoms with Gasteiger partial charge in [-0.2, -0.15) is 0 Å². The van der Waals surface area contributed by atoms with Gasteiger partial charge < -0.3 is 0 Å². The Morgan fingerprint density at radius 3 is 1.91 bits per heavy atom. The van der Waals surface area contributed by atoms with Gasteiger partial charge in [-0.3, -0.25) is 0 Å². The highest BCUT2D eigenvalue weighted by atomic mass is 14.4. The Morgan fingerprint density at radius 2 is 1.13 bits per heavy atom. The minimum atomic E-state index is -0.0713. The summed E-state index contributed by atoms with van der Waals surface area (Å²) in [6.45, 7) is 6.95. The lowest BCUT2D eigenvalue weighted by Crippen LogP contribution is -2.15. The molecule has 0 atom stereocenters. The van der Waals surface area contributed by atoms with Crippen molar-refractivity contribution < 1.29 is 0 Å². The molecule has 8 aromatic rings. The summed E-state index contributed by atoms with van der Waals surface area (Å²) >= 11 is 0. The molecule has 0 bridgehead atoms. The lowest BCUT2D eigenvalue weighted by Gasteiger charge is -2.27. The molecule has 0 heteroatoms. The smallest absolute Gasteiger partial charge is 0.0159 e. The molecule has 10 rings (SSSR count). The zero-order chi connectivity index (χ0) is 37.1. The van der Waals surface area contributed by atoms with E-state index in [4.69, 9.17) is 0 Å². The molecule has 264 valence electrons. The standard InChI is InChI=1S/C55H44/c1-4-5-12-36-19-21-38(22-20-36)39-23-26-40(27-24-39)53-47-16-8-9-17-48(47)54(44-30-31-46-45-15-10-11-18-51(45)55(2,3)52(46)35-44)50-34-43(29-32-49(50)53)42-28-25-37-13-6-7-14-41(37)33-42/h5-28,30-31,33-35H,4,29,32H2,1-3H3/b12-5-. The van der Waals surface area contributed by atoms with Crippen LogP contribution >= 0.6 is 0 Å². The second-order valence-corrected chi connectivity index (χ2v) is 15.9. The van der Waals surface area contributed by atoms with E-state index >= 15 is 0 Å². The minimum absolute atomic E-state index is 0.0713. The molecule has 55 heavy (non-hydrogen) atoms. The van der Waals surface area contributed by atoms with Crippen LogP contribution in [0, 0.1) is 0 Å². The summed E-state index contributed by atoms with van der Waals surface area (Å²) in [6, 6.07) is 59.3. The van der Waals surface area contributed by atoms with Crippen molar-refractivity contribution in [2.45, 2.75) is 45.4 Å². The molecule has 0 saturated heterocycles. The Morgan fingerprint density at radius 1 is 0.509 bits per heavy atom. The molecule has 0 aromatic heterocycles. The van der Waals surface area contributed by atoms with Crippen LogP contribution < -0.4 is 0 Å². The first-order valence-electron chi connectivity index (χ1n) is 19.9. The van der Waals surface area contributed by atoms with Crippen LogP contribution in [0.4, 0.5) is 0 Å². The average Bonchev–Trinajstić information content (AvgIpc) is 3.47. The molecule has 8 aromatic carbocycles. The van der Waals surface area contributed by atoms with E-state index < -0.39 is 0 Å². The Hall–Kier alpha value is -6.24. The average molecular weight is 705 g/mol. The maximum Gasteiger partial charge on any atom is 0.0159 e. The van der Waals surface area contributed by atoms with Crippen LogP contribution in [-0.2, 0) is 11.8 Å². The highest BCUT2D eigenvalue weighted by Gasteiger charge is 2.35. The fraction of sp³-hybridized carbons (Fsp3) is 0.127. The van der Waals surface area contributed by atoms with Gasteiger partial charge in [0.25, 0.3) is 0 Å². The summed E-state index contributed by atoms with van der Waals surface area (Å²) in [5.41, 5.74) is 20.0. The molecular weight excluding hydrogens is 661 g/mol. The predicted octanol–water partition coefficient (Wildman–Crippen LogP) is 15.2. The van der Waals surface area contributed by atoms with Gasteiger partial charge in [0.2, 0.25) is 0 Å². The quantitative estimate of drug-likeness (QED) is 0.162. The van der Waals surface area contributed by atoms with Crippen molar-refractivity contribution in [2.75, 3.05) is 0 Å². The topological polar surface area (TPSA) is 0 Å². The molecule has 0 radical (unpaired) electrons. The predicted molar refractivity (Wildman–Crippen MR) is 237 cm³/mol. The molecular formula is C55H44. The van der Waals surface area contributed by atoms with Crippen molar-refractivity contribution in [1.29, 1.82) is 0 Å². The minimum Gasteiger partial charge on any atom is -0.0842 e. The van der Waals surface area contributed by atoms with E-state index in [1.54, 1.807) is 0 Å². The third kappa shape index (κ3) is 5.59. The monoisotopic (exact) mass is 704 g/mol. The van der Waals surface area contributed by atoms with Gasteiger partial charge in [0.05, 0.1) is 0 Å². The van der Waals surface area contributed by atoms with Gasteiger partial charge in [0.15, 0.2) is 0 Å². The van der Waals surface area contributed by atoms with E-state index in [9.17, 15) is 0 Å². The molecule has 0 N–H and O–H groups in total. The third-order valence-electron chi connectivity index (χ3n) is 12.3. The van der Waals surface area contributed by atoms with Crippen molar-refractivity contribution in [3.63, 3.8) is 0 Å². The summed E-state index contributed by atoms with van der Waals surface area (Å²) in [5.74, 6) is 0. The van der Waals surface area contributed by atoms with E-state index in [1.165, 1.54) is 105 Å². The Balaban J connectivity index is 1.17. The fourth-order valence-corrected chi connectivity index (χ4v) is 9.42. The van der Waals surface area contributed by atoms with Crippen LogP contribution in [0.15, 0.2) is 164 Å². The molecule has 0 nitrogen and oxygen atoms in total. The summed E-state index contributed by atoms with van der Waals surface area (Å²) in [6.07, 6.45) is 9.97. The summed E-state index contributed by atoms with van der Waals surface area (Å²) in [7, 11) is 0. The Bertz CT molecular complexity index is 2840. The second-order valence-electron chi connectivity index (χ2n) is 15.9. The van der Waals surface area contributed by atoms with Gasteiger partial charge in [0, 0.05) is 5.41 Å². The molecule has 0 fully saturated rings. The molecule has 0 aliphatic heterocycles. The van der Waals surface area contributed by atoms with Gasteiger partial charge in [-0.25, -0.2) is 0 Å². The van der Waals surface area contributed by atoms with Crippen LogP contribution in [0.2, 0.25) is 0 Å². The SMILES string of the molecule is CC/C=C\c1ccc(-c2ccc(-c3c4c(c(-c5ccc6c(c5)C(C)(C)c5ccccc5-6)c5ccccc35)C=C(c3ccc5ccccc5c3)CC4)cc2)cc1. The van der Waals surface area contributed by atoms with Crippen molar-refractivity contribution in [3.05, 3.63) is 197 Å². The molecule has 2 aliphatic carbocycles. The van der Waals surface area contributed by atoms with E-state index in [2.05, 4.69) is 197 Å². The number of allylic oxidation sites excluding steroid dienone is 2. The van der Waals surface area contributed by atoms with E-state index in [1.807, 2.05) is 0 Å². The second kappa shape index (κ2) is 13.3. The van der Waals surface area contributed by atoms with Gasteiger partial charge >= 0.3 is 0 Å². The zero-order valence-electron chi connectivity index (χ0n) is 31.9. The van der Waals surface area contributed by atoms with Crippen LogP contribution in [0.5, 0.6) is 0 Å². The van der Waals surface area contributed by atoms with E-state index in [0.29, 0.717) is 0 Å². The first-order chi connectivity index (χ1) is 27.0. The van der Waals surface area contributed by atoms with E-state index in [-0.39, 0.29) is 5.41 Å². The van der Waals surface area contributed by atoms with Crippen molar-refractivity contribution in [3.8, 4) is 44.5 Å². The number of hydrogen-bond donors (Lipinski definition) is 0. The van der Waals surface area contributed by atoms with Gasteiger partial charge in [0.1, 0.15) is 0 Å². The first-order valence-corrected chi connectivity index (χ1v) is 19.9. The highest BCUT2D eigenvalue weighted by Crippen LogP contribution is 2.52. The third-order valence-corrected chi connectivity index (χ3v) is 12.3. The number of hydrogen-bond acceptors (Lipinski definition) is 0. The maximum absolute atomic E-state index is 2.53. The van der Waals surface area contributed by atoms with Crippen LogP contribution in [-0.4, -0.2) is 0 Å². The maximum atomic E-state index is 2.53. The summed E-state index contributed by atoms with van der Waals surface area (Å²) in [4.78, 5) is 0. The Kier molecular flexibility index (Phi) is 8.03. The number of fused-ring (bicyclic) bond motifs is 6. The summed E-state index contributed by atoms with van der Waals surface area (Å²) in [5, 5.41) is 5.20. The summed E-state index contributed by atoms with van der Waals surface area (Å²) < 4.78 is 0. The van der Waals surface area contributed by atoms with Crippen LogP contribution in [0.1, 0.15) is 67.0 Å². The van der Waals surface area contributed by atoms with Crippen molar-refractivity contribution >= 4 is 39.3 Å². The van der Waals surface area contributed by atoms with Crippen molar-refractivity contribution in [1.82, 2.24) is 0 Å². The molecule has 2 aliphatic rings.